The standard InChI is InChI=1S/C17H21N3O5/c1-3-19(4-2)11-12-24-14-8-6-5-7-13(14)18-17(21)15-9-10-16(25-15)20(22)23/h5-10H,3-4,11-12H2,1-2H3,(H,18,21). The van der Waals surface area contributed by atoms with Crippen LogP contribution in [0.5, 0.6) is 5.75 Å². The molecule has 0 radical (unpaired) electrons. The molecule has 0 saturated heterocycles. The lowest BCUT2D eigenvalue weighted by Crippen LogP contribution is -2.28. The van der Waals surface area contributed by atoms with E-state index in [0.29, 0.717) is 18.0 Å². The number of para-hydroxylation sites is 2. The van der Waals surface area contributed by atoms with Crippen LogP contribution in [0.1, 0.15) is 24.4 Å². The average molecular weight is 347 g/mol. The number of anilines is 1. The van der Waals surface area contributed by atoms with Gasteiger partial charge in [0.2, 0.25) is 0 Å². The predicted octanol–water partition coefficient (Wildman–Crippen LogP) is 3.16. The molecule has 25 heavy (non-hydrogen) atoms. The zero-order valence-corrected chi connectivity index (χ0v) is 14.2. The van der Waals surface area contributed by atoms with Gasteiger partial charge in [-0.1, -0.05) is 26.0 Å². The molecule has 1 aromatic heterocycles. The van der Waals surface area contributed by atoms with E-state index in [4.69, 9.17) is 9.15 Å². The number of ether oxygens (including phenoxy) is 1. The summed E-state index contributed by atoms with van der Waals surface area (Å²) in [5.74, 6) is -0.657. The largest absolute Gasteiger partial charge is 0.490 e. The number of nitrogens with one attached hydrogen (secondary N) is 1. The first-order valence-electron chi connectivity index (χ1n) is 8.04. The Balaban J connectivity index is 2.01. The first-order valence-corrected chi connectivity index (χ1v) is 8.04. The predicted molar refractivity (Wildman–Crippen MR) is 93.0 cm³/mol. The summed E-state index contributed by atoms with van der Waals surface area (Å²) in [5.41, 5.74) is 0.478. The maximum absolute atomic E-state index is 12.2. The quantitative estimate of drug-likeness (QED) is 0.553. The minimum Gasteiger partial charge on any atom is -0.490 e. The van der Waals surface area contributed by atoms with Crippen LogP contribution in [-0.4, -0.2) is 42.0 Å². The fourth-order valence-corrected chi connectivity index (χ4v) is 2.25. The molecule has 2 aromatic rings. The molecule has 134 valence electrons. The molecule has 1 heterocycles. The second-order valence-electron chi connectivity index (χ2n) is 5.22. The summed E-state index contributed by atoms with van der Waals surface area (Å²) in [4.78, 5) is 24.3. The minimum atomic E-state index is -0.693. The molecular weight excluding hydrogens is 326 g/mol. The van der Waals surface area contributed by atoms with Crippen LogP contribution in [0.3, 0.4) is 0 Å². The molecule has 0 aliphatic carbocycles. The van der Waals surface area contributed by atoms with Gasteiger partial charge in [-0.3, -0.25) is 14.9 Å². The van der Waals surface area contributed by atoms with Crippen LogP contribution in [0.4, 0.5) is 11.6 Å². The molecule has 0 aliphatic heterocycles. The molecule has 0 saturated carbocycles. The summed E-state index contributed by atoms with van der Waals surface area (Å²) >= 11 is 0. The van der Waals surface area contributed by atoms with Crippen molar-refractivity contribution in [3.05, 3.63) is 52.3 Å². The highest BCUT2D eigenvalue weighted by molar-refractivity contribution is 6.03. The van der Waals surface area contributed by atoms with Crippen molar-refractivity contribution in [2.45, 2.75) is 13.8 Å². The van der Waals surface area contributed by atoms with Gasteiger partial charge in [0.25, 0.3) is 5.91 Å². The van der Waals surface area contributed by atoms with E-state index in [0.717, 1.165) is 25.7 Å². The maximum atomic E-state index is 12.2. The maximum Gasteiger partial charge on any atom is 0.433 e. The molecule has 1 N–H and O–H groups in total. The Hall–Kier alpha value is -2.87. The van der Waals surface area contributed by atoms with Gasteiger partial charge in [0.1, 0.15) is 17.3 Å². The Morgan fingerprint density at radius 2 is 1.96 bits per heavy atom. The third-order valence-electron chi connectivity index (χ3n) is 3.69. The van der Waals surface area contributed by atoms with Gasteiger partial charge in [-0.25, -0.2) is 0 Å². The van der Waals surface area contributed by atoms with Gasteiger partial charge in [0.05, 0.1) is 11.8 Å². The third-order valence-corrected chi connectivity index (χ3v) is 3.69. The first kappa shape index (κ1) is 18.5. The Morgan fingerprint density at radius 3 is 2.60 bits per heavy atom. The molecule has 8 heteroatoms. The van der Waals surface area contributed by atoms with E-state index in [1.165, 1.54) is 6.07 Å². The van der Waals surface area contributed by atoms with E-state index in [1.54, 1.807) is 24.3 Å². The van der Waals surface area contributed by atoms with Gasteiger partial charge < -0.3 is 19.4 Å². The summed E-state index contributed by atoms with van der Waals surface area (Å²) < 4.78 is 10.7. The number of furan rings is 1. The van der Waals surface area contributed by atoms with Crippen molar-refractivity contribution in [3.63, 3.8) is 0 Å². The average Bonchev–Trinajstić information content (AvgIpc) is 3.10. The number of benzene rings is 1. The van der Waals surface area contributed by atoms with E-state index >= 15 is 0 Å². The topological polar surface area (TPSA) is 97.8 Å². The van der Waals surface area contributed by atoms with Crippen molar-refractivity contribution >= 4 is 17.5 Å². The van der Waals surface area contributed by atoms with Crippen LogP contribution in [0.2, 0.25) is 0 Å². The molecule has 1 aromatic carbocycles. The monoisotopic (exact) mass is 347 g/mol. The van der Waals surface area contributed by atoms with E-state index in [-0.39, 0.29) is 5.76 Å². The van der Waals surface area contributed by atoms with Gasteiger partial charge in [-0.15, -0.1) is 0 Å². The molecule has 2 rings (SSSR count). The lowest BCUT2D eigenvalue weighted by Gasteiger charge is -2.19. The number of hydrogen-bond donors (Lipinski definition) is 1. The van der Waals surface area contributed by atoms with Crippen LogP contribution in [-0.2, 0) is 0 Å². The molecule has 0 atom stereocenters. The van der Waals surface area contributed by atoms with Crippen LogP contribution in [0.25, 0.3) is 0 Å². The molecule has 1 amide bonds. The first-order chi connectivity index (χ1) is 12.0. The Bertz CT molecular complexity index is 725. The normalized spacial score (nSPS) is 10.7. The Morgan fingerprint density at radius 1 is 1.24 bits per heavy atom. The van der Waals surface area contributed by atoms with Crippen LogP contribution in [0, 0.1) is 10.1 Å². The number of carbonyl (C=O) groups excluding carboxylic acids is 1. The fraction of sp³-hybridized carbons (Fsp3) is 0.353. The smallest absolute Gasteiger partial charge is 0.433 e. The van der Waals surface area contributed by atoms with E-state index < -0.39 is 16.7 Å². The summed E-state index contributed by atoms with van der Waals surface area (Å²) in [6, 6.07) is 9.42. The lowest BCUT2D eigenvalue weighted by molar-refractivity contribution is -0.402. The molecule has 0 bridgehead atoms. The van der Waals surface area contributed by atoms with Gasteiger partial charge in [-0.2, -0.15) is 0 Å². The number of rotatable bonds is 9. The molecular formula is C17H21N3O5. The molecule has 0 aliphatic rings. The number of amides is 1. The van der Waals surface area contributed by atoms with Gasteiger partial charge in [-0.05, 0) is 31.3 Å². The summed E-state index contributed by atoms with van der Waals surface area (Å²) in [5, 5.41) is 13.3. The highest BCUT2D eigenvalue weighted by atomic mass is 16.6. The van der Waals surface area contributed by atoms with E-state index in [2.05, 4.69) is 24.1 Å². The second kappa shape index (κ2) is 8.84. The van der Waals surface area contributed by atoms with Gasteiger partial charge in [0.15, 0.2) is 5.76 Å². The van der Waals surface area contributed by atoms with Crippen molar-refractivity contribution in [1.82, 2.24) is 4.90 Å². The van der Waals surface area contributed by atoms with E-state index in [9.17, 15) is 14.9 Å². The zero-order chi connectivity index (χ0) is 18.2. The summed E-state index contributed by atoms with van der Waals surface area (Å²) in [6.45, 7) is 7.31. The van der Waals surface area contributed by atoms with Crippen molar-refractivity contribution in [1.29, 1.82) is 0 Å². The number of carbonyl (C=O) groups is 1. The molecule has 0 unspecified atom stereocenters. The number of likely N-dealkylation sites (N-methyl/N-ethyl adjacent to an activating group) is 1. The number of hydrogen-bond acceptors (Lipinski definition) is 6. The van der Waals surface area contributed by atoms with Crippen LogP contribution in [0.15, 0.2) is 40.8 Å². The van der Waals surface area contributed by atoms with Crippen molar-refractivity contribution in [2.75, 3.05) is 31.6 Å². The van der Waals surface area contributed by atoms with Crippen molar-refractivity contribution in [2.24, 2.45) is 0 Å². The Kier molecular flexibility index (Phi) is 6.53. The fourth-order valence-electron chi connectivity index (χ4n) is 2.25. The molecule has 8 nitrogen and oxygen atoms in total. The number of nitrogens with zero attached hydrogens (tertiary/aromatic N) is 2. The number of nitro groups is 1. The zero-order valence-electron chi connectivity index (χ0n) is 14.2. The summed E-state index contributed by atoms with van der Waals surface area (Å²) in [6.07, 6.45) is 0. The van der Waals surface area contributed by atoms with Gasteiger partial charge in [0, 0.05) is 6.54 Å². The highest BCUT2D eigenvalue weighted by Crippen LogP contribution is 2.25. The summed E-state index contributed by atoms with van der Waals surface area (Å²) in [7, 11) is 0. The second-order valence-corrected chi connectivity index (χ2v) is 5.22. The van der Waals surface area contributed by atoms with Crippen LogP contribution < -0.4 is 10.1 Å². The van der Waals surface area contributed by atoms with Crippen LogP contribution >= 0.6 is 0 Å². The van der Waals surface area contributed by atoms with E-state index in [1.807, 2.05) is 0 Å². The SMILES string of the molecule is CCN(CC)CCOc1ccccc1NC(=O)c1ccc([N+](=O)[O-])o1. The lowest BCUT2D eigenvalue weighted by atomic mass is 10.3. The molecule has 0 fully saturated rings. The Labute approximate surface area is 145 Å². The van der Waals surface area contributed by atoms with Gasteiger partial charge >= 0.3 is 5.88 Å². The van der Waals surface area contributed by atoms with Crippen molar-refractivity contribution in [3.8, 4) is 5.75 Å². The molecule has 0 spiro atoms. The minimum absolute atomic E-state index is 0.135. The third kappa shape index (κ3) is 5.05. The van der Waals surface area contributed by atoms with Crippen molar-refractivity contribution < 1.29 is 18.9 Å². The highest BCUT2D eigenvalue weighted by Gasteiger charge is 2.18.